The molecule has 3 rings (SSSR count). The van der Waals surface area contributed by atoms with Crippen molar-refractivity contribution in [2.24, 2.45) is 11.8 Å². The zero-order valence-corrected chi connectivity index (χ0v) is 10.8. The fraction of sp³-hybridized carbons (Fsp3) is 0.400. The van der Waals surface area contributed by atoms with Gasteiger partial charge in [0, 0.05) is 24.3 Å². The summed E-state index contributed by atoms with van der Waals surface area (Å²) >= 11 is 0. The van der Waals surface area contributed by atoms with Crippen molar-refractivity contribution in [1.29, 1.82) is 0 Å². The predicted octanol–water partition coefficient (Wildman–Crippen LogP) is 0.455. The lowest BCUT2D eigenvalue weighted by Crippen LogP contribution is -2.51. The first-order valence-corrected chi connectivity index (χ1v) is 6.70. The van der Waals surface area contributed by atoms with Gasteiger partial charge in [-0.05, 0) is 12.0 Å². The van der Waals surface area contributed by atoms with Crippen LogP contribution in [0.25, 0.3) is 0 Å². The number of carbonyl (C=O) groups excluding carboxylic acids is 3. The first-order valence-electron chi connectivity index (χ1n) is 6.70. The molecule has 20 heavy (non-hydrogen) atoms. The molecule has 1 fully saturated rings. The summed E-state index contributed by atoms with van der Waals surface area (Å²) in [5.41, 5.74) is 1.30. The minimum absolute atomic E-state index is 0.172. The number of benzene rings is 1. The molecule has 1 amide bonds. The smallest absolute Gasteiger partial charge is 0.221 e. The van der Waals surface area contributed by atoms with E-state index in [-0.39, 0.29) is 30.3 Å². The number of nitrogens with one attached hydrogen (secondary N) is 1. The van der Waals surface area contributed by atoms with Crippen molar-refractivity contribution < 1.29 is 19.5 Å². The Morgan fingerprint density at radius 3 is 2.65 bits per heavy atom. The Kier molecular flexibility index (Phi) is 3.14. The molecule has 1 aromatic carbocycles. The van der Waals surface area contributed by atoms with Crippen LogP contribution in [0.4, 0.5) is 0 Å². The summed E-state index contributed by atoms with van der Waals surface area (Å²) in [6.07, 6.45) is -0.319. The first kappa shape index (κ1) is 13.0. The standard InChI is InChI=1S/C15H15NO4/c17-11-7-8-3-1-2-4-9(8)14(19)13(11)10-5-6-12(18)16-15(10)20/h1-4,10,13,15,20H,5-7H2,(H,16,18). The molecule has 1 heterocycles. The number of Topliss-reactive ketones (excluding diaryl/α,β-unsaturated/α-hetero) is 2. The van der Waals surface area contributed by atoms with Gasteiger partial charge in [0.25, 0.3) is 0 Å². The molecule has 0 radical (unpaired) electrons. The van der Waals surface area contributed by atoms with Crippen LogP contribution in [-0.4, -0.2) is 28.8 Å². The lowest BCUT2D eigenvalue weighted by atomic mass is 9.72. The average Bonchev–Trinajstić information content (AvgIpc) is 2.41. The molecule has 5 heteroatoms. The monoisotopic (exact) mass is 273 g/mol. The molecule has 0 aromatic heterocycles. The molecule has 104 valence electrons. The Balaban J connectivity index is 1.93. The summed E-state index contributed by atoms with van der Waals surface area (Å²) < 4.78 is 0. The van der Waals surface area contributed by atoms with E-state index >= 15 is 0 Å². The van der Waals surface area contributed by atoms with Crippen LogP contribution in [0.1, 0.15) is 28.8 Å². The van der Waals surface area contributed by atoms with Crippen LogP contribution in [0.2, 0.25) is 0 Å². The van der Waals surface area contributed by atoms with Crippen molar-refractivity contribution in [3.8, 4) is 0 Å². The number of aliphatic hydroxyl groups is 1. The Labute approximate surface area is 116 Å². The van der Waals surface area contributed by atoms with Crippen LogP contribution >= 0.6 is 0 Å². The highest BCUT2D eigenvalue weighted by Gasteiger charge is 2.44. The molecule has 1 aromatic rings. The molecule has 1 aliphatic carbocycles. The number of carbonyl (C=O) groups is 3. The minimum atomic E-state index is -1.13. The van der Waals surface area contributed by atoms with Gasteiger partial charge in [-0.3, -0.25) is 14.4 Å². The van der Waals surface area contributed by atoms with Crippen molar-refractivity contribution in [2.45, 2.75) is 25.5 Å². The molecule has 5 nitrogen and oxygen atoms in total. The Morgan fingerprint density at radius 2 is 1.90 bits per heavy atom. The Bertz CT molecular complexity index is 595. The minimum Gasteiger partial charge on any atom is -0.373 e. The number of fused-ring (bicyclic) bond motifs is 1. The van der Waals surface area contributed by atoms with E-state index in [1.165, 1.54) is 0 Å². The Hall–Kier alpha value is -2.01. The normalized spacial score (nSPS) is 29.9. The number of ketones is 2. The van der Waals surface area contributed by atoms with Gasteiger partial charge in [-0.25, -0.2) is 0 Å². The maximum absolute atomic E-state index is 12.5. The number of rotatable bonds is 1. The first-order chi connectivity index (χ1) is 9.58. The van der Waals surface area contributed by atoms with Crippen molar-refractivity contribution in [1.82, 2.24) is 5.32 Å². The van der Waals surface area contributed by atoms with Gasteiger partial charge in [0.1, 0.15) is 12.0 Å². The molecule has 3 unspecified atom stereocenters. The zero-order valence-electron chi connectivity index (χ0n) is 10.8. The van der Waals surface area contributed by atoms with E-state index in [9.17, 15) is 19.5 Å². The zero-order chi connectivity index (χ0) is 14.3. The lowest BCUT2D eigenvalue weighted by Gasteiger charge is -2.35. The van der Waals surface area contributed by atoms with E-state index in [0.717, 1.165) is 5.56 Å². The molecule has 2 N–H and O–H groups in total. The van der Waals surface area contributed by atoms with E-state index in [0.29, 0.717) is 12.0 Å². The molecular weight excluding hydrogens is 258 g/mol. The van der Waals surface area contributed by atoms with Crippen molar-refractivity contribution in [3.05, 3.63) is 35.4 Å². The average molecular weight is 273 g/mol. The van der Waals surface area contributed by atoms with Crippen LogP contribution in [-0.2, 0) is 16.0 Å². The summed E-state index contributed by atoms with van der Waals surface area (Å²) in [7, 11) is 0. The van der Waals surface area contributed by atoms with Gasteiger partial charge < -0.3 is 10.4 Å². The number of hydrogen-bond donors (Lipinski definition) is 2. The summed E-state index contributed by atoms with van der Waals surface area (Å²) in [6.45, 7) is 0. The highest BCUT2D eigenvalue weighted by Crippen LogP contribution is 2.33. The highest BCUT2D eigenvalue weighted by atomic mass is 16.3. The summed E-state index contributed by atoms with van der Waals surface area (Å²) in [5, 5.41) is 12.3. The van der Waals surface area contributed by atoms with Crippen LogP contribution in [0, 0.1) is 11.8 Å². The molecule has 1 aliphatic heterocycles. The number of piperidine rings is 1. The van der Waals surface area contributed by atoms with Crippen molar-refractivity contribution >= 4 is 17.5 Å². The van der Waals surface area contributed by atoms with Gasteiger partial charge in [0.2, 0.25) is 5.91 Å². The van der Waals surface area contributed by atoms with Gasteiger partial charge in [-0.1, -0.05) is 24.3 Å². The maximum Gasteiger partial charge on any atom is 0.221 e. The fourth-order valence-corrected chi connectivity index (χ4v) is 3.11. The molecule has 1 saturated heterocycles. The second-order valence-electron chi connectivity index (χ2n) is 5.36. The van der Waals surface area contributed by atoms with Crippen molar-refractivity contribution in [3.63, 3.8) is 0 Å². The fourth-order valence-electron chi connectivity index (χ4n) is 3.11. The van der Waals surface area contributed by atoms with Gasteiger partial charge >= 0.3 is 0 Å². The largest absolute Gasteiger partial charge is 0.373 e. The topological polar surface area (TPSA) is 83.5 Å². The van der Waals surface area contributed by atoms with Gasteiger partial charge in [-0.15, -0.1) is 0 Å². The summed E-state index contributed by atoms with van der Waals surface area (Å²) in [6, 6.07) is 7.06. The molecule has 0 spiro atoms. The third-order valence-electron chi connectivity index (χ3n) is 4.12. The van der Waals surface area contributed by atoms with Crippen LogP contribution in [0.5, 0.6) is 0 Å². The summed E-state index contributed by atoms with van der Waals surface area (Å²) in [5.74, 6) is -2.03. The molecule has 0 saturated carbocycles. The van der Waals surface area contributed by atoms with Crippen LogP contribution in [0.15, 0.2) is 24.3 Å². The van der Waals surface area contributed by atoms with Crippen molar-refractivity contribution in [2.75, 3.05) is 0 Å². The second-order valence-corrected chi connectivity index (χ2v) is 5.36. The molecule has 2 aliphatic rings. The second kappa shape index (κ2) is 4.83. The van der Waals surface area contributed by atoms with Crippen LogP contribution < -0.4 is 5.32 Å². The van der Waals surface area contributed by atoms with E-state index in [1.54, 1.807) is 24.3 Å². The SMILES string of the molecule is O=C1CCC(C2C(=O)Cc3ccccc3C2=O)C(O)N1. The predicted molar refractivity (Wildman–Crippen MR) is 69.8 cm³/mol. The maximum atomic E-state index is 12.5. The summed E-state index contributed by atoms with van der Waals surface area (Å²) in [4.78, 5) is 36.0. The lowest BCUT2D eigenvalue weighted by molar-refractivity contribution is -0.134. The highest BCUT2D eigenvalue weighted by molar-refractivity contribution is 6.15. The molecular formula is C15H15NO4. The van der Waals surface area contributed by atoms with Crippen LogP contribution in [0.3, 0.4) is 0 Å². The quantitative estimate of drug-likeness (QED) is 0.728. The van der Waals surface area contributed by atoms with E-state index in [1.807, 2.05) is 0 Å². The third kappa shape index (κ3) is 2.04. The van der Waals surface area contributed by atoms with Gasteiger partial charge in [-0.2, -0.15) is 0 Å². The van der Waals surface area contributed by atoms with E-state index in [2.05, 4.69) is 5.32 Å². The third-order valence-corrected chi connectivity index (χ3v) is 4.12. The van der Waals surface area contributed by atoms with Gasteiger partial charge in [0.05, 0.1) is 5.92 Å². The van der Waals surface area contributed by atoms with E-state index in [4.69, 9.17) is 0 Å². The Morgan fingerprint density at radius 1 is 1.15 bits per heavy atom. The molecule has 0 bridgehead atoms. The van der Waals surface area contributed by atoms with Gasteiger partial charge in [0.15, 0.2) is 5.78 Å². The van der Waals surface area contributed by atoms with E-state index < -0.39 is 18.1 Å². The molecule has 3 atom stereocenters. The number of hydrogen-bond acceptors (Lipinski definition) is 4. The number of amides is 1. The number of aliphatic hydroxyl groups excluding tert-OH is 1.